The van der Waals surface area contributed by atoms with Gasteiger partial charge in [0.1, 0.15) is 11.5 Å². The molecule has 1 heterocycles. The molecule has 0 atom stereocenters. The first-order valence-corrected chi connectivity index (χ1v) is 5.17. The van der Waals surface area contributed by atoms with E-state index in [4.69, 9.17) is 16.1 Å². The maximum absolute atomic E-state index is 11.8. The van der Waals surface area contributed by atoms with Crippen LogP contribution in [-0.4, -0.2) is 16.2 Å². The van der Waals surface area contributed by atoms with Crippen LogP contribution in [0.3, 0.4) is 0 Å². The molecule has 1 aromatic carbocycles. The van der Waals surface area contributed by atoms with E-state index in [9.17, 15) is 9.90 Å². The summed E-state index contributed by atoms with van der Waals surface area (Å²) in [6.45, 7) is 1.72. The quantitative estimate of drug-likeness (QED) is 0.861. The summed E-state index contributed by atoms with van der Waals surface area (Å²) in [4.78, 5) is 11.8. The molecule has 5 nitrogen and oxygen atoms in total. The summed E-state index contributed by atoms with van der Waals surface area (Å²) in [5.41, 5.74) is 0.327. The fourth-order valence-corrected chi connectivity index (χ4v) is 1.44. The van der Waals surface area contributed by atoms with E-state index >= 15 is 0 Å². The lowest BCUT2D eigenvalue weighted by Crippen LogP contribution is -2.11. The zero-order valence-corrected chi connectivity index (χ0v) is 9.65. The molecular weight excluding hydrogens is 244 g/mol. The zero-order chi connectivity index (χ0) is 12.4. The van der Waals surface area contributed by atoms with Crippen LogP contribution in [0.15, 0.2) is 28.8 Å². The van der Waals surface area contributed by atoms with E-state index in [0.29, 0.717) is 17.1 Å². The van der Waals surface area contributed by atoms with Crippen LogP contribution in [0.5, 0.6) is 5.75 Å². The first-order valence-electron chi connectivity index (χ1n) is 4.79. The van der Waals surface area contributed by atoms with Crippen molar-refractivity contribution in [1.29, 1.82) is 0 Å². The molecule has 0 spiro atoms. The smallest absolute Gasteiger partial charge is 0.256 e. The number of phenolic OH excluding ortho intramolecular Hbond substituents is 1. The van der Waals surface area contributed by atoms with Crippen LogP contribution in [0.25, 0.3) is 0 Å². The summed E-state index contributed by atoms with van der Waals surface area (Å²) in [7, 11) is 0. The Morgan fingerprint density at radius 2 is 2.24 bits per heavy atom. The molecule has 17 heavy (non-hydrogen) atoms. The van der Waals surface area contributed by atoms with Crippen molar-refractivity contribution in [2.75, 3.05) is 5.32 Å². The van der Waals surface area contributed by atoms with E-state index in [2.05, 4.69) is 10.5 Å². The van der Waals surface area contributed by atoms with Gasteiger partial charge in [0.05, 0.1) is 5.02 Å². The van der Waals surface area contributed by atoms with Gasteiger partial charge in [-0.25, -0.2) is 0 Å². The number of aryl methyl sites for hydroxylation is 1. The van der Waals surface area contributed by atoms with Crippen molar-refractivity contribution in [1.82, 2.24) is 5.16 Å². The van der Waals surface area contributed by atoms with Crippen LogP contribution in [0.1, 0.15) is 16.1 Å². The van der Waals surface area contributed by atoms with E-state index in [0.717, 1.165) is 0 Å². The number of hydrogen-bond donors (Lipinski definition) is 2. The Bertz CT molecular complexity index is 566. The van der Waals surface area contributed by atoms with Crippen molar-refractivity contribution < 1.29 is 14.4 Å². The number of nitrogens with one attached hydrogen (secondary N) is 1. The summed E-state index contributed by atoms with van der Waals surface area (Å²) in [5.74, 6) is 0.487. The summed E-state index contributed by atoms with van der Waals surface area (Å²) < 4.78 is 4.81. The van der Waals surface area contributed by atoms with Crippen molar-refractivity contribution in [3.05, 3.63) is 40.6 Å². The molecule has 2 aromatic rings. The molecule has 0 fully saturated rings. The highest BCUT2D eigenvalue weighted by molar-refractivity contribution is 6.32. The molecule has 0 unspecified atom stereocenters. The topological polar surface area (TPSA) is 75.4 Å². The number of aromatic nitrogens is 1. The van der Waals surface area contributed by atoms with Crippen molar-refractivity contribution in [3.63, 3.8) is 0 Å². The van der Waals surface area contributed by atoms with Crippen LogP contribution in [0, 0.1) is 6.92 Å². The number of carbonyl (C=O) groups excluding carboxylic acids is 1. The number of amides is 1. The first kappa shape index (κ1) is 11.5. The Hall–Kier alpha value is -2.01. The minimum absolute atomic E-state index is 0.0690. The second kappa shape index (κ2) is 4.47. The van der Waals surface area contributed by atoms with E-state index < -0.39 is 0 Å². The highest BCUT2D eigenvalue weighted by Crippen LogP contribution is 2.24. The van der Waals surface area contributed by atoms with Crippen LogP contribution >= 0.6 is 11.6 Å². The second-order valence-corrected chi connectivity index (χ2v) is 3.85. The molecule has 0 radical (unpaired) electrons. The van der Waals surface area contributed by atoms with Crippen LogP contribution < -0.4 is 5.32 Å². The van der Waals surface area contributed by atoms with Crippen LogP contribution in [0.2, 0.25) is 5.02 Å². The van der Waals surface area contributed by atoms with Gasteiger partial charge in [-0.2, -0.15) is 0 Å². The summed E-state index contributed by atoms with van der Waals surface area (Å²) in [6, 6.07) is 5.79. The lowest BCUT2D eigenvalue weighted by atomic mass is 10.2. The summed E-state index contributed by atoms with van der Waals surface area (Å²) in [5, 5.41) is 15.5. The number of aromatic hydroxyl groups is 1. The number of nitrogens with zero attached hydrogens (tertiary/aromatic N) is 1. The van der Waals surface area contributed by atoms with Crippen LogP contribution in [-0.2, 0) is 0 Å². The third-order valence-electron chi connectivity index (χ3n) is 2.08. The first-order chi connectivity index (χ1) is 8.06. The molecule has 1 amide bonds. The second-order valence-electron chi connectivity index (χ2n) is 3.44. The van der Waals surface area contributed by atoms with Crippen molar-refractivity contribution in [2.24, 2.45) is 0 Å². The van der Waals surface area contributed by atoms with Gasteiger partial charge in [0.25, 0.3) is 5.91 Å². The minimum atomic E-state index is -0.375. The van der Waals surface area contributed by atoms with Gasteiger partial charge in [0.15, 0.2) is 5.82 Å². The molecule has 2 N–H and O–H groups in total. The monoisotopic (exact) mass is 252 g/mol. The third-order valence-corrected chi connectivity index (χ3v) is 2.38. The molecule has 0 aliphatic rings. The fourth-order valence-electron chi connectivity index (χ4n) is 1.26. The van der Waals surface area contributed by atoms with E-state index in [-0.39, 0.29) is 16.7 Å². The van der Waals surface area contributed by atoms with Gasteiger partial charge in [-0.05, 0) is 25.1 Å². The number of rotatable bonds is 2. The van der Waals surface area contributed by atoms with Gasteiger partial charge in [-0.15, -0.1) is 0 Å². The molecule has 88 valence electrons. The van der Waals surface area contributed by atoms with E-state index in [1.807, 2.05) is 0 Å². The summed E-state index contributed by atoms with van der Waals surface area (Å²) >= 11 is 5.70. The number of halogens is 1. The fraction of sp³-hybridized carbons (Fsp3) is 0.0909. The molecule has 1 aromatic heterocycles. The molecule has 6 heteroatoms. The largest absolute Gasteiger partial charge is 0.506 e. The predicted octanol–water partition coefficient (Wildman–Crippen LogP) is 2.59. The number of phenols is 1. The normalized spacial score (nSPS) is 10.2. The summed E-state index contributed by atoms with van der Waals surface area (Å²) in [6.07, 6.45) is 0. The minimum Gasteiger partial charge on any atom is -0.506 e. The standard InChI is InChI=1S/C11H9ClN2O3/c1-6-4-10(14-17-6)13-11(16)7-2-3-9(15)8(12)5-7/h2-5,15H,1H3,(H,13,14,16). The van der Waals surface area contributed by atoms with Crippen molar-refractivity contribution >= 4 is 23.3 Å². The van der Waals surface area contributed by atoms with Gasteiger partial charge >= 0.3 is 0 Å². The third kappa shape index (κ3) is 2.57. The number of benzene rings is 1. The average molecular weight is 253 g/mol. The maximum Gasteiger partial charge on any atom is 0.256 e. The Kier molecular flexibility index (Phi) is 3.01. The van der Waals surface area contributed by atoms with Crippen LogP contribution in [0.4, 0.5) is 5.82 Å². The average Bonchev–Trinajstić information content (AvgIpc) is 2.68. The molecule has 0 bridgehead atoms. The predicted molar refractivity (Wildman–Crippen MR) is 62.3 cm³/mol. The lowest BCUT2D eigenvalue weighted by Gasteiger charge is -2.02. The van der Waals surface area contributed by atoms with Gasteiger partial charge in [0.2, 0.25) is 0 Å². The Morgan fingerprint density at radius 1 is 1.47 bits per heavy atom. The molecule has 0 aliphatic heterocycles. The number of anilines is 1. The maximum atomic E-state index is 11.8. The number of hydrogen-bond acceptors (Lipinski definition) is 4. The van der Waals surface area contributed by atoms with Gasteiger partial charge in [-0.1, -0.05) is 16.8 Å². The Balaban J connectivity index is 2.17. The molecule has 0 saturated carbocycles. The molecule has 2 rings (SSSR count). The van der Waals surface area contributed by atoms with Gasteiger partial charge < -0.3 is 14.9 Å². The lowest BCUT2D eigenvalue weighted by molar-refractivity contribution is 0.102. The van der Waals surface area contributed by atoms with Gasteiger partial charge in [0, 0.05) is 11.6 Å². The zero-order valence-electron chi connectivity index (χ0n) is 8.90. The van der Waals surface area contributed by atoms with Crippen molar-refractivity contribution in [2.45, 2.75) is 6.92 Å². The molecular formula is C11H9ClN2O3. The Morgan fingerprint density at radius 3 is 2.82 bits per heavy atom. The molecule has 0 aliphatic carbocycles. The van der Waals surface area contributed by atoms with E-state index in [1.54, 1.807) is 13.0 Å². The highest BCUT2D eigenvalue weighted by atomic mass is 35.5. The number of carbonyl (C=O) groups is 1. The van der Waals surface area contributed by atoms with Gasteiger partial charge in [-0.3, -0.25) is 4.79 Å². The molecule has 0 saturated heterocycles. The Labute approximate surface area is 102 Å². The van der Waals surface area contributed by atoms with Crippen molar-refractivity contribution in [3.8, 4) is 5.75 Å². The SMILES string of the molecule is Cc1cc(NC(=O)c2ccc(O)c(Cl)c2)no1. The van der Waals surface area contributed by atoms with E-state index in [1.165, 1.54) is 18.2 Å². The highest BCUT2D eigenvalue weighted by Gasteiger charge is 2.10.